The van der Waals surface area contributed by atoms with E-state index in [1.54, 1.807) is 7.11 Å². The number of hydrogen-bond acceptors (Lipinski definition) is 3. The minimum Gasteiger partial charge on any atom is -0.380 e. The molecule has 1 aliphatic rings. The molecule has 1 saturated carbocycles. The molecule has 1 fully saturated rings. The zero-order valence-corrected chi connectivity index (χ0v) is 10.7. The van der Waals surface area contributed by atoms with Crippen LogP contribution in [0.5, 0.6) is 0 Å². The van der Waals surface area contributed by atoms with Crippen molar-refractivity contribution in [1.29, 1.82) is 0 Å². The Hall–Kier alpha value is -1.39. The number of nitrogens with one attached hydrogen (secondary N) is 1. The predicted octanol–water partition coefficient (Wildman–Crippen LogP) is 1.36. The van der Waals surface area contributed by atoms with Gasteiger partial charge in [0, 0.05) is 7.11 Å². The van der Waals surface area contributed by atoms with E-state index in [0.29, 0.717) is 12.5 Å². The van der Waals surface area contributed by atoms with Gasteiger partial charge in [0.15, 0.2) is 0 Å². The third kappa shape index (κ3) is 3.55. The average Bonchev–Trinajstić information content (AvgIpc) is 3.14. The molecular formula is C14H20N2O2. The van der Waals surface area contributed by atoms with Crippen LogP contribution in [0.1, 0.15) is 30.0 Å². The van der Waals surface area contributed by atoms with Gasteiger partial charge in [-0.2, -0.15) is 0 Å². The highest BCUT2D eigenvalue weighted by Gasteiger charge is 2.24. The summed E-state index contributed by atoms with van der Waals surface area (Å²) in [4.78, 5) is 11.5. The first-order chi connectivity index (χ1) is 8.70. The van der Waals surface area contributed by atoms with E-state index in [2.05, 4.69) is 5.32 Å². The number of carbonyl (C=O) groups is 1. The molecule has 0 radical (unpaired) electrons. The van der Waals surface area contributed by atoms with Crippen molar-refractivity contribution in [2.24, 2.45) is 11.7 Å². The van der Waals surface area contributed by atoms with Gasteiger partial charge in [-0.3, -0.25) is 4.79 Å². The number of hydrogen-bond donors (Lipinski definition) is 2. The minimum absolute atomic E-state index is 0.329. The lowest BCUT2D eigenvalue weighted by Crippen LogP contribution is -2.34. The second kappa shape index (κ2) is 5.98. The van der Waals surface area contributed by atoms with Gasteiger partial charge in [0.2, 0.25) is 5.91 Å². The Morgan fingerprint density at radius 1 is 1.56 bits per heavy atom. The van der Waals surface area contributed by atoms with Crippen LogP contribution in [-0.4, -0.2) is 19.6 Å². The molecule has 1 unspecified atom stereocenters. The van der Waals surface area contributed by atoms with Gasteiger partial charge in [-0.15, -0.1) is 0 Å². The van der Waals surface area contributed by atoms with Gasteiger partial charge in [0.1, 0.15) is 6.04 Å². The summed E-state index contributed by atoms with van der Waals surface area (Å²) in [5.74, 6) is 0.388. The van der Waals surface area contributed by atoms with Crippen LogP contribution in [0.2, 0.25) is 0 Å². The zero-order chi connectivity index (χ0) is 13.0. The van der Waals surface area contributed by atoms with Crippen molar-refractivity contribution in [2.75, 3.05) is 13.7 Å². The molecule has 98 valence electrons. The minimum atomic E-state index is -0.401. The van der Waals surface area contributed by atoms with Crippen LogP contribution in [0.15, 0.2) is 24.3 Å². The van der Waals surface area contributed by atoms with Gasteiger partial charge in [0.05, 0.1) is 6.61 Å². The molecular weight excluding hydrogens is 228 g/mol. The first-order valence-corrected chi connectivity index (χ1v) is 6.31. The number of nitrogens with two attached hydrogens (primary N) is 1. The topological polar surface area (TPSA) is 64.3 Å². The van der Waals surface area contributed by atoms with E-state index in [1.165, 1.54) is 12.8 Å². The van der Waals surface area contributed by atoms with Crippen LogP contribution in [0, 0.1) is 5.92 Å². The van der Waals surface area contributed by atoms with Crippen molar-refractivity contribution in [1.82, 2.24) is 5.32 Å². The fourth-order valence-corrected chi connectivity index (χ4v) is 2.02. The van der Waals surface area contributed by atoms with Gasteiger partial charge >= 0.3 is 0 Å². The van der Waals surface area contributed by atoms with E-state index >= 15 is 0 Å². The van der Waals surface area contributed by atoms with Crippen LogP contribution < -0.4 is 11.1 Å². The Morgan fingerprint density at radius 3 is 2.94 bits per heavy atom. The Balaban J connectivity index is 2.07. The predicted molar refractivity (Wildman–Crippen MR) is 69.8 cm³/mol. The summed E-state index contributed by atoms with van der Waals surface area (Å²) in [5, 5.41) is 3.25. The molecule has 4 heteroatoms. The van der Waals surface area contributed by atoms with Crippen molar-refractivity contribution in [3.8, 4) is 0 Å². The van der Waals surface area contributed by atoms with Crippen LogP contribution in [-0.2, 0) is 16.1 Å². The van der Waals surface area contributed by atoms with Gasteiger partial charge in [0.25, 0.3) is 0 Å². The van der Waals surface area contributed by atoms with Crippen LogP contribution in [0.3, 0.4) is 0 Å². The molecule has 0 heterocycles. The second-order valence-corrected chi connectivity index (χ2v) is 4.87. The largest absolute Gasteiger partial charge is 0.380 e. The highest BCUT2D eigenvalue weighted by atomic mass is 16.5. The quantitative estimate of drug-likeness (QED) is 0.765. The van der Waals surface area contributed by atoms with Crippen molar-refractivity contribution in [2.45, 2.75) is 25.5 Å². The summed E-state index contributed by atoms with van der Waals surface area (Å²) in [6.45, 7) is 1.41. The first kappa shape index (κ1) is 13.1. The molecule has 0 aromatic heterocycles. The average molecular weight is 248 g/mol. The summed E-state index contributed by atoms with van der Waals surface area (Å²) in [6, 6.07) is 7.40. The Bertz CT molecular complexity index is 416. The maximum absolute atomic E-state index is 11.5. The maximum Gasteiger partial charge on any atom is 0.239 e. The molecule has 0 saturated heterocycles. The lowest BCUT2D eigenvalue weighted by molar-refractivity contribution is -0.120. The van der Waals surface area contributed by atoms with Crippen molar-refractivity contribution < 1.29 is 9.53 Å². The van der Waals surface area contributed by atoms with E-state index in [4.69, 9.17) is 10.5 Å². The van der Waals surface area contributed by atoms with Crippen molar-refractivity contribution in [3.05, 3.63) is 35.4 Å². The molecule has 18 heavy (non-hydrogen) atoms. The molecule has 0 aliphatic heterocycles. The van der Waals surface area contributed by atoms with E-state index in [-0.39, 0.29) is 5.91 Å². The lowest BCUT2D eigenvalue weighted by Gasteiger charge is -2.16. The van der Waals surface area contributed by atoms with Gasteiger partial charge in [-0.1, -0.05) is 24.3 Å². The SMILES string of the molecule is COCc1cccc(C(NCC2CC2)C(N)=O)c1. The summed E-state index contributed by atoms with van der Waals surface area (Å²) in [6.07, 6.45) is 2.50. The molecule has 0 spiro atoms. The molecule has 1 atom stereocenters. The van der Waals surface area contributed by atoms with E-state index in [9.17, 15) is 4.79 Å². The van der Waals surface area contributed by atoms with Gasteiger partial charge < -0.3 is 15.8 Å². The third-order valence-corrected chi connectivity index (χ3v) is 3.19. The maximum atomic E-state index is 11.5. The Kier molecular flexibility index (Phi) is 4.33. The Morgan fingerprint density at radius 2 is 2.33 bits per heavy atom. The van der Waals surface area contributed by atoms with Crippen LogP contribution in [0.25, 0.3) is 0 Å². The van der Waals surface area contributed by atoms with Crippen molar-refractivity contribution in [3.63, 3.8) is 0 Å². The number of amides is 1. The molecule has 2 rings (SSSR count). The molecule has 4 nitrogen and oxygen atoms in total. The summed E-state index contributed by atoms with van der Waals surface area (Å²) in [5.41, 5.74) is 7.43. The number of benzene rings is 1. The standard InChI is InChI=1S/C14H20N2O2/c1-18-9-11-3-2-4-12(7-11)13(14(15)17)16-8-10-5-6-10/h2-4,7,10,13,16H,5-6,8-9H2,1H3,(H2,15,17). The van der Waals surface area contributed by atoms with Crippen LogP contribution >= 0.6 is 0 Å². The first-order valence-electron chi connectivity index (χ1n) is 6.31. The smallest absolute Gasteiger partial charge is 0.239 e. The van der Waals surface area contributed by atoms with Crippen LogP contribution in [0.4, 0.5) is 0 Å². The normalized spacial score (nSPS) is 16.5. The number of primary amides is 1. The monoisotopic (exact) mass is 248 g/mol. The number of rotatable bonds is 7. The number of carbonyl (C=O) groups excluding carboxylic acids is 1. The third-order valence-electron chi connectivity index (χ3n) is 3.19. The Labute approximate surface area is 108 Å². The van der Waals surface area contributed by atoms with E-state index in [1.807, 2.05) is 24.3 Å². The van der Waals surface area contributed by atoms with Gasteiger partial charge in [-0.05, 0) is 36.4 Å². The van der Waals surface area contributed by atoms with E-state index in [0.717, 1.165) is 17.7 Å². The number of methoxy groups -OCH3 is 1. The fraction of sp³-hybridized carbons (Fsp3) is 0.500. The highest BCUT2D eigenvalue weighted by molar-refractivity contribution is 5.81. The van der Waals surface area contributed by atoms with Gasteiger partial charge in [-0.25, -0.2) is 0 Å². The molecule has 3 N–H and O–H groups in total. The summed E-state index contributed by atoms with van der Waals surface area (Å²) >= 11 is 0. The van der Waals surface area contributed by atoms with Crippen molar-refractivity contribution >= 4 is 5.91 Å². The van der Waals surface area contributed by atoms with E-state index < -0.39 is 6.04 Å². The molecule has 0 bridgehead atoms. The fourth-order valence-electron chi connectivity index (χ4n) is 2.02. The number of ether oxygens (including phenoxy) is 1. The molecule has 1 aromatic rings. The zero-order valence-electron chi connectivity index (χ0n) is 10.7. The lowest BCUT2D eigenvalue weighted by atomic mass is 10.0. The summed E-state index contributed by atoms with van der Waals surface area (Å²) in [7, 11) is 1.66. The highest BCUT2D eigenvalue weighted by Crippen LogP contribution is 2.28. The molecule has 1 aromatic carbocycles. The summed E-state index contributed by atoms with van der Waals surface area (Å²) < 4.78 is 5.09. The molecule has 1 amide bonds. The second-order valence-electron chi connectivity index (χ2n) is 4.87. The molecule has 1 aliphatic carbocycles.